The smallest absolute Gasteiger partial charge is 0.261 e. The van der Waals surface area contributed by atoms with E-state index in [2.05, 4.69) is 5.32 Å². The molecule has 2 amide bonds. The minimum atomic E-state index is -0.646. The number of para-hydroxylation sites is 1. The second kappa shape index (κ2) is 11.2. The van der Waals surface area contributed by atoms with E-state index in [9.17, 15) is 9.59 Å². The number of carbonyl (C=O) groups is 2. The Morgan fingerprint density at radius 2 is 1.83 bits per heavy atom. The van der Waals surface area contributed by atoms with Crippen LogP contribution in [0.15, 0.2) is 42.5 Å². The molecule has 0 radical (unpaired) electrons. The zero-order valence-corrected chi connectivity index (χ0v) is 19.3. The first-order valence-electron chi connectivity index (χ1n) is 9.95. The van der Waals surface area contributed by atoms with Crippen LogP contribution in [0, 0.1) is 6.92 Å². The van der Waals surface area contributed by atoms with Gasteiger partial charge in [-0.2, -0.15) is 0 Å². The van der Waals surface area contributed by atoms with E-state index in [-0.39, 0.29) is 31.0 Å². The van der Waals surface area contributed by atoms with Crippen LogP contribution in [0.3, 0.4) is 0 Å². The second-order valence-corrected chi connectivity index (χ2v) is 8.24. The molecule has 162 valence electrons. The summed E-state index contributed by atoms with van der Waals surface area (Å²) < 4.78 is 5.75. The van der Waals surface area contributed by atoms with Crippen molar-refractivity contribution in [1.29, 1.82) is 0 Å². The first-order valence-corrected chi connectivity index (χ1v) is 10.7. The molecule has 0 aliphatic carbocycles. The molecule has 30 heavy (non-hydrogen) atoms. The lowest BCUT2D eigenvalue weighted by Crippen LogP contribution is -2.51. The van der Waals surface area contributed by atoms with Gasteiger partial charge in [-0.3, -0.25) is 9.59 Å². The van der Waals surface area contributed by atoms with Gasteiger partial charge in [0.2, 0.25) is 5.91 Å². The molecular formula is C23H28Cl2N2O3. The minimum absolute atomic E-state index is 0.0363. The van der Waals surface area contributed by atoms with Crippen molar-refractivity contribution in [2.75, 3.05) is 6.61 Å². The van der Waals surface area contributed by atoms with Crippen molar-refractivity contribution < 1.29 is 14.3 Å². The van der Waals surface area contributed by atoms with Gasteiger partial charge in [0.1, 0.15) is 11.8 Å². The monoisotopic (exact) mass is 450 g/mol. The third kappa shape index (κ3) is 6.64. The lowest BCUT2D eigenvalue weighted by molar-refractivity contribution is -0.143. The summed E-state index contributed by atoms with van der Waals surface area (Å²) in [5, 5.41) is 3.85. The molecule has 0 aliphatic rings. The van der Waals surface area contributed by atoms with Crippen LogP contribution in [-0.2, 0) is 16.1 Å². The summed E-state index contributed by atoms with van der Waals surface area (Å²) in [6.45, 7) is 7.55. The van der Waals surface area contributed by atoms with Gasteiger partial charge < -0.3 is 15.0 Å². The first kappa shape index (κ1) is 24.0. The van der Waals surface area contributed by atoms with E-state index in [1.54, 1.807) is 18.2 Å². The van der Waals surface area contributed by atoms with Gasteiger partial charge in [-0.25, -0.2) is 0 Å². The van der Waals surface area contributed by atoms with Crippen LogP contribution in [0.4, 0.5) is 0 Å². The molecule has 2 aromatic carbocycles. The number of halogens is 2. The molecule has 1 N–H and O–H groups in total. The fourth-order valence-corrected chi connectivity index (χ4v) is 3.54. The summed E-state index contributed by atoms with van der Waals surface area (Å²) in [6.07, 6.45) is 0.458. The fourth-order valence-electron chi connectivity index (χ4n) is 3.07. The van der Waals surface area contributed by atoms with Gasteiger partial charge in [0.15, 0.2) is 6.61 Å². The lowest BCUT2D eigenvalue weighted by Gasteiger charge is -2.31. The number of nitrogens with zero attached hydrogens (tertiary/aromatic N) is 1. The van der Waals surface area contributed by atoms with E-state index in [1.807, 2.05) is 52.0 Å². The Balaban J connectivity index is 2.27. The maximum absolute atomic E-state index is 13.2. The molecule has 0 heterocycles. The first-order chi connectivity index (χ1) is 14.2. The number of rotatable bonds is 9. The molecule has 0 saturated heterocycles. The molecule has 0 aromatic heterocycles. The van der Waals surface area contributed by atoms with Crippen molar-refractivity contribution in [3.8, 4) is 5.75 Å². The molecule has 0 aliphatic heterocycles. The normalized spacial score (nSPS) is 11.8. The molecule has 7 heteroatoms. The van der Waals surface area contributed by atoms with Gasteiger partial charge in [0.25, 0.3) is 5.91 Å². The maximum atomic E-state index is 13.2. The van der Waals surface area contributed by atoms with E-state index in [0.29, 0.717) is 27.8 Å². The Morgan fingerprint density at radius 3 is 2.43 bits per heavy atom. The van der Waals surface area contributed by atoms with Gasteiger partial charge in [0.05, 0.1) is 0 Å². The highest BCUT2D eigenvalue weighted by Gasteiger charge is 2.29. The summed E-state index contributed by atoms with van der Waals surface area (Å²) >= 11 is 12.3. The molecular weight excluding hydrogens is 423 g/mol. The Hall–Kier alpha value is -2.24. The highest BCUT2D eigenvalue weighted by molar-refractivity contribution is 6.35. The number of ether oxygens (including phenoxy) is 1. The molecule has 2 aromatic rings. The molecule has 0 spiro atoms. The third-order valence-electron chi connectivity index (χ3n) is 4.62. The summed E-state index contributed by atoms with van der Waals surface area (Å²) in [6, 6.07) is 11.9. The van der Waals surface area contributed by atoms with Crippen molar-refractivity contribution in [2.24, 2.45) is 0 Å². The van der Waals surface area contributed by atoms with Crippen LogP contribution in [0.1, 0.15) is 38.3 Å². The summed E-state index contributed by atoms with van der Waals surface area (Å²) in [7, 11) is 0. The molecule has 2 rings (SSSR count). The minimum Gasteiger partial charge on any atom is -0.484 e. The van der Waals surface area contributed by atoms with Crippen LogP contribution in [0.5, 0.6) is 5.75 Å². The van der Waals surface area contributed by atoms with Crippen molar-refractivity contribution in [3.05, 3.63) is 63.6 Å². The zero-order valence-electron chi connectivity index (χ0n) is 17.7. The number of amides is 2. The SMILES string of the molecule is CC[C@H](C(=O)NC(C)C)N(Cc1ccc(Cl)cc1Cl)C(=O)COc1ccccc1C. The molecule has 0 fully saturated rings. The highest BCUT2D eigenvalue weighted by atomic mass is 35.5. The van der Waals surface area contributed by atoms with Gasteiger partial charge in [-0.1, -0.05) is 54.4 Å². The van der Waals surface area contributed by atoms with Gasteiger partial charge in [0, 0.05) is 22.6 Å². The molecule has 0 saturated carbocycles. The van der Waals surface area contributed by atoms with Crippen LogP contribution in [-0.4, -0.2) is 35.4 Å². The van der Waals surface area contributed by atoms with Gasteiger partial charge in [-0.15, -0.1) is 0 Å². The average molecular weight is 451 g/mol. The number of hydrogen-bond donors (Lipinski definition) is 1. The zero-order chi connectivity index (χ0) is 22.3. The van der Waals surface area contributed by atoms with Crippen molar-refractivity contribution in [2.45, 2.75) is 52.7 Å². The number of nitrogens with one attached hydrogen (secondary N) is 1. The highest BCUT2D eigenvalue weighted by Crippen LogP contribution is 2.24. The van der Waals surface area contributed by atoms with E-state index < -0.39 is 6.04 Å². The van der Waals surface area contributed by atoms with Crippen LogP contribution >= 0.6 is 23.2 Å². The Kier molecular flexibility index (Phi) is 9.00. The molecule has 0 unspecified atom stereocenters. The Morgan fingerprint density at radius 1 is 1.13 bits per heavy atom. The van der Waals surface area contributed by atoms with Gasteiger partial charge >= 0.3 is 0 Å². The van der Waals surface area contributed by atoms with Gasteiger partial charge in [-0.05, 0) is 56.5 Å². The predicted molar refractivity (Wildman–Crippen MR) is 121 cm³/mol. The largest absolute Gasteiger partial charge is 0.484 e. The molecule has 1 atom stereocenters. The van der Waals surface area contributed by atoms with Crippen molar-refractivity contribution in [3.63, 3.8) is 0 Å². The summed E-state index contributed by atoms with van der Waals surface area (Å²) in [4.78, 5) is 27.5. The molecule has 5 nitrogen and oxygen atoms in total. The molecule has 0 bridgehead atoms. The van der Waals surface area contributed by atoms with Crippen molar-refractivity contribution in [1.82, 2.24) is 10.2 Å². The lowest BCUT2D eigenvalue weighted by atomic mass is 10.1. The summed E-state index contributed by atoms with van der Waals surface area (Å²) in [5.41, 5.74) is 1.64. The van der Waals surface area contributed by atoms with E-state index in [0.717, 1.165) is 5.56 Å². The fraction of sp³-hybridized carbons (Fsp3) is 0.391. The van der Waals surface area contributed by atoms with E-state index >= 15 is 0 Å². The average Bonchev–Trinajstić information content (AvgIpc) is 2.68. The second-order valence-electron chi connectivity index (χ2n) is 7.40. The van der Waals surface area contributed by atoms with Crippen LogP contribution < -0.4 is 10.1 Å². The number of aryl methyl sites for hydroxylation is 1. The number of hydrogen-bond acceptors (Lipinski definition) is 3. The third-order valence-corrected chi connectivity index (χ3v) is 5.20. The Labute approximate surface area is 188 Å². The number of benzene rings is 2. The van der Waals surface area contributed by atoms with E-state index in [1.165, 1.54) is 4.90 Å². The predicted octanol–water partition coefficient (Wildman–Crippen LogP) is 5.01. The standard InChI is InChI=1S/C23H28Cl2N2O3/c1-5-20(23(29)26-15(2)3)27(13-17-10-11-18(24)12-19(17)25)22(28)14-30-21-9-7-6-8-16(21)4/h6-12,15,20H,5,13-14H2,1-4H3,(H,26,29)/t20-/m1/s1. The van der Waals surface area contributed by atoms with Crippen LogP contribution in [0.2, 0.25) is 10.0 Å². The quantitative estimate of drug-likeness (QED) is 0.583. The van der Waals surface area contributed by atoms with Crippen LogP contribution in [0.25, 0.3) is 0 Å². The number of carbonyl (C=O) groups excluding carboxylic acids is 2. The van der Waals surface area contributed by atoms with E-state index in [4.69, 9.17) is 27.9 Å². The maximum Gasteiger partial charge on any atom is 0.261 e. The Bertz CT molecular complexity index is 887. The summed E-state index contributed by atoms with van der Waals surface area (Å²) in [5.74, 6) is 0.131. The van der Waals surface area contributed by atoms with Crippen molar-refractivity contribution >= 4 is 35.0 Å². The topological polar surface area (TPSA) is 58.6 Å².